The molecule has 5 nitrogen and oxygen atoms in total. The summed E-state index contributed by atoms with van der Waals surface area (Å²) in [5.74, 6) is 0. The van der Waals surface area contributed by atoms with E-state index in [1.54, 1.807) is 7.11 Å². The van der Waals surface area contributed by atoms with E-state index in [0.29, 0.717) is 51.2 Å². The molecule has 0 radical (unpaired) electrons. The molecule has 21 heavy (non-hydrogen) atoms. The van der Waals surface area contributed by atoms with Crippen molar-refractivity contribution in [2.24, 2.45) is 5.73 Å². The fraction of sp³-hybridized carbons (Fsp3) is 0.533. The zero-order chi connectivity index (χ0) is 15.3. The van der Waals surface area contributed by atoms with Gasteiger partial charge in [-0.05, 0) is 11.6 Å². The van der Waals surface area contributed by atoms with E-state index in [-0.39, 0.29) is 0 Å². The van der Waals surface area contributed by atoms with Crippen molar-refractivity contribution in [1.29, 1.82) is 0 Å². The van der Waals surface area contributed by atoms with Crippen LogP contribution < -0.4 is 5.73 Å². The fourth-order valence-corrected chi connectivity index (χ4v) is 1.71. The van der Waals surface area contributed by atoms with Gasteiger partial charge in [-0.25, -0.2) is 0 Å². The topological polar surface area (TPSA) is 62.9 Å². The van der Waals surface area contributed by atoms with Crippen molar-refractivity contribution in [2.75, 3.05) is 46.8 Å². The van der Waals surface area contributed by atoms with Crippen LogP contribution in [0.1, 0.15) is 11.1 Å². The number of nitrogens with two attached hydrogens (primary N) is 1. The largest absolute Gasteiger partial charge is 0.389 e. The molecule has 0 aliphatic rings. The molecule has 0 atom stereocenters. The Hall–Kier alpha value is -1.05. The van der Waals surface area contributed by atoms with E-state index in [2.05, 4.69) is 0 Å². The third kappa shape index (κ3) is 8.75. The molecule has 1 rings (SSSR count). The van der Waals surface area contributed by atoms with E-state index in [1.165, 1.54) is 0 Å². The normalized spacial score (nSPS) is 10.7. The molecule has 0 aliphatic carbocycles. The Balaban J connectivity index is 2.01. The van der Waals surface area contributed by atoms with Crippen LogP contribution in [0, 0.1) is 0 Å². The Morgan fingerprint density at radius 2 is 1.62 bits per heavy atom. The summed E-state index contributed by atoms with van der Waals surface area (Å²) >= 11 is 4.94. The number of hydrogen-bond donors (Lipinski definition) is 1. The summed E-state index contributed by atoms with van der Waals surface area (Å²) in [6.45, 7) is 3.93. The van der Waals surface area contributed by atoms with E-state index in [4.69, 9.17) is 36.9 Å². The van der Waals surface area contributed by atoms with Gasteiger partial charge >= 0.3 is 0 Å². The average molecular weight is 313 g/mol. The van der Waals surface area contributed by atoms with E-state index in [9.17, 15) is 0 Å². The molecule has 1 aromatic carbocycles. The maximum Gasteiger partial charge on any atom is 0.103 e. The molecule has 0 saturated carbocycles. The quantitative estimate of drug-likeness (QED) is 0.466. The highest BCUT2D eigenvalue weighted by atomic mass is 32.1. The molecule has 0 bridgehead atoms. The third-order valence-corrected chi connectivity index (χ3v) is 2.89. The highest BCUT2D eigenvalue weighted by Crippen LogP contribution is 2.06. The Labute approximate surface area is 131 Å². The molecule has 0 amide bonds. The molecule has 0 saturated heterocycles. The van der Waals surface area contributed by atoms with Gasteiger partial charge in [0.15, 0.2) is 0 Å². The summed E-state index contributed by atoms with van der Waals surface area (Å²) in [6.07, 6.45) is 0. The summed E-state index contributed by atoms with van der Waals surface area (Å²) in [5, 5.41) is 0. The zero-order valence-corrected chi connectivity index (χ0v) is 13.2. The number of hydrogen-bond acceptors (Lipinski definition) is 5. The van der Waals surface area contributed by atoms with Crippen molar-refractivity contribution < 1.29 is 18.9 Å². The molecule has 0 fully saturated rings. The molecular weight excluding hydrogens is 290 g/mol. The van der Waals surface area contributed by atoms with Crippen LogP contribution in [0.4, 0.5) is 0 Å². The summed E-state index contributed by atoms with van der Waals surface area (Å²) in [4.78, 5) is 0.397. The molecule has 0 spiro atoms. The van der Waals surface area contributed by atoms with Crippen molar-refractivity contribution in [2.45, 2.75) is 6.61 Å². The Kier molecular flexibility index (Phi) is 9.94. The lowest BCUT2D eigenvalue weighted by molar-refractivity contribution is 0.000868. The molecule has 0 aliphatic heterocycles. The molecular formula is C15H23NO4S. The zero-order valence-electron chi connectivity index (χ0n) is 12.4. The summed E-state index contributed by atoms with van der Waals surface area (Å²) in [5.41, 5.74) is 7.49. The third-order valence-electron chi connectivity index (χ3n) is 2.66. The minimum absolute atomic E-state index is 0.397. The Morgan fingerprint density at radius 3 is 2.24 bits per heavy atom. The van der Waals surface area contributed by atoms with Crippen molar-refractivity contribution in [3.63, 3.8) is 0 Å². The van der Waals surface area contributed by atoms with Gasteiger partial charge in [0, 0.05) is 12.7 Å². The van der Waals surface area contributed by atoms with E-state index >= 15 is 0 Å². The van der Waals surface area contributed by atoms with Crippen molar-refractivity contribution >= 4 is 17.2 Å². The standard InChI is InChI=1S/C15H23NO4S/c1-17-5-6-18-7-8-19-9-10-20-12-13-3-2-4-14(11-13)15(16)21/h2-4,11H,5-10,12H2,1H3,(H2,16,21). The van der Waals surface area contributed by atoms with Crippen LogP contribution in [0.25, 0.3) is 0 Å². The van der Waals surface area contributed by atoms with Crippen LogP contribution in [0.2, 0.25) is 0 Å². The average Bonchev–Trinajstić information content (AvgIpc) is 2.49. The van der Waals surface area contributed by atoms with Gasteiger partial charge in [-0.3, -0.25) is 0 Å². The minimum atomic E-state index is 0.397. The van der Waals surface area contributed by atoms with Gasteiger partial charge in [0.2, 0.25) is 0 Å². The lowest BCUT2D eigenvalue weighted by atomic mass is 10.1. The lowest BCUT2D eigenvalue weighted by Crippen LogP contribution is -2.11. The van der Waals surface area contributed by atoms with Crippen molar-refractivity contribution in [1.82, 2.24) is 0 Å². The molecule has 0 aromatic heterocycles. The number of thiocarbonyl (C=S) groups is 1. The van der Waals surface area contributed by atoms with Crippen LogP contribution in [0.5, 0.6) is 0 Å². The Morgan fingerprint density at radius 1 is 1.00 bits per heavy atom. The fourth-order valence-electron chi connectivity index (χ4n) is 1.59. The van der Waals surface area contributed by atoms with Gasteiger partial charge < -0.3 is 24.7 Å². The molecule has 2 N–H and O–H groups in total. The first-order valence-corrected chi connectivity index (χ1v) is 7.25. The second-order valence-electron chi connectivity index (χ2n) is 4.33. The first kappa shape index (κ1) is 18.0. The molecule has 6 heteroatoms. The van der Waals surface area contributed by atoms with E-state index in [1.807, 2.05) is 24.3 Å². The number of benzene rings is 1. The number of methoxy groups -OCH3 is 1. The van der Waals surface area contributed by atoms with Crippen molar-refractivity contribution in [3.05, 3.63) is 35.4 Å². The lowest BCUT2D eigenvalue weighted by Gasteiger charge is -2.07. The smallest absolute Gasteiger partial charge is 0.103 e. The summed E-state index contributed by atoms with van der Waals surface area (Å²) in [6, 6.07) is 7.72. The minimum Gasteiger partial charge on any atom is -0.389 e. The van der Waals surface area contributed by atoms with Gasteiger partial charge in [0.1, 0.15) is 4.99 Å². The highest BCUT2D eigenvalue weighted by molar-refractivity contribution is 7.80. The number of ether oxygens (including phenoxy) is 4. The van der Waals surface area contributed by atoms with Gasteiger partial charge in [0.05, 0.1) is 46.2 Å². The summed E-state index contributed by atoms with van der Waals surface area (Å²) < 4.78 is 21.0. The second kappa shape index (κ2) is 11.6. The monoisotopic (exact) mass is 313 g/mol. The number of rotatable bonds is 12. The van der Waals surface area contributed by atoms with Crippen LogP contribution in [-0.4, -0.2) is 51.7 Å². The highest BCUT2D eigenvalue weighted by Gasteiger charge is 1.99. The van der Waals surface area contributed by atoms with Gasteiger partial charge in [-0.15, -0.1) is 0 Å². The SMILES string of the molecule is COCCOCCOCCOCc1cccc(C(N)=S)c1. The predicted molar refractivity (Wildman–Crippen MR) is 85.5 cm³/mol. The second-order valence-corrected chi connectivity index (χ2v) is 4.77. The first-order chi connectivity index (χ1) is 10.2. The maximum absolute atomic E-state index is 5.59. The van der Waals surface area contributed by atoms with Crippen LogP contribution in [0.3, 0.4) is 0 Å². The van der Waals surface area contributed by atoms with E-state index in [0.717, 1.165) is 11.1 Å². The van der Waals surface area contributed by atoms with Gasteiger partial charge in [-0.2, -0.15) is 0 Å². The van der Waals surface area contributed by atoms with Crippen molar-refractivity contribution in [3.8, 4) is 0 Å². The van der Waals surface area contributed by atoms with Crippen LogP contribution in [-0.2, 0) is 25.6 Å². The van der Waals surface area contributed by atoms with E-state index < -0.39 is 0 Å². The van der Waals surface area contributed by atoms with Crippen LogP contribution in [0.15, 0.2) is 24.3 Å². The van der Waals surface area contributed by atoms with Gasteiger partial charge in [0.25, 0.3) is 0 Å². The molecule has 0 heterocycles. The Bertz CT molecular complexity index is 414. The molecule has 0 unspecified atom stereocenters. The molecule has 1 aromatic rings. The maximum atomic E-state index is 5.59. The summed E-state index contributed by atoms with van der Waals surface area (Å²) in [7, 11) is 1.65. The molecule has 118 valence electrons. The first-order valence-electron chi connectivity index (χ1n) is 6.85. The predicted octanol–water partition coefficient (Wildman–Crippen LogP) is 1.52. The van der Waals surface area contributed by atoms with Gasteiger partial charge in [-0.1, -0.05) is 30.4 Å². The van der Waals surface area contributed by atoms with Crippen LogP contribution >= 0.6 is 12.2 Å².